The molecule has 6 heteroatoms. The number of nitrogens with one attached hydrogen (secondary N) is 1. The molecular weight excluding hydrogens is 330 g/mol. The van der Waals surface area contributed by atoms with Crippen LogP contribution in [0.2, 0.25) is 5.02 Å². The van der Waals surface area contributed by atoms with Gasteiger partial charge in [0.2, 0.25) is 11.7 Å². The van der Waals surface area contributed by atoms with Crippen LogP contribution >= 0.6 is 11.6 Å². The van der Waals surface area contributed by atoms with Crippen LogP contribution in [0.1, 0.15) is 5.56 Å². The van der Waals surface area contributed by atoms with Gasteiger partial charge in [0, 0.05) is 10.7 Å². The van der Waals surface area contributed by atoms with E-state index in [9.17, 15) is 14.7 Å². The average Bonchev–Trinajstić information content (AvgIpc) is 2.84. The summed E-state index contributed by atoms with van der Waals surface area (Å²) in [6, 6.07) is 15.7. The number of aliphatic carboxylic acids is 1. The van der Waals surface area contributed by atoms with Crippen molar-refractivity contribution >= 4 is 35.1 Å². The van der Waals surface area contributed by atoms with E-state index in [0.717, 1.165) is 0 Å². The van der Waals surface area contributed by atoms with Gasteiger partial charge in [0.05, 0.1) is 0 Å². The first-order chi connectivity index (χ1) is 11.5. The van der Waals surface area contributed by atoms with Gasteiger partial charge in [-0.2, -0.15) is 0 Å². The Morgan fingerprint density at radius 3 is 2.54 bits per heavy atom. The van der Waals surface area contributed by atoms with E-state index in [1.165, 1.54) is 6.08 Å². The van der Waals surface area contributed by atoms with Crippen LogP contribution in [0.3, 0.4) is 0 Å². The van der Waals surface area contributed by atoms with Crippen molar-refractivity contribution in [1.29, 1.82) is 0 Å². The number of Topliss-reactive ketones (excluding diaryl/α,β-unsaturated/α-hetero) is 1. The summed E-state index contributed by atoms with van der Waals surface area (Å²) in [7, 11) is 0. The van der Waals surface area contributed by atoms with Crippen molar-refractivity contribution in [2.45, 2.75) is 0 Å². The lowest BCUT2D eigenvalue weighted by molar-refractivity contribution is -0.134. The highest BCUT2D eigenvalue weighted by Gasteiger charge is 2.35. The van der Waals surface area contributed by atoms with Gasteiger partial charge in [0.25, 0.3) is 0 Å². The fourth-order valence-electron chi connectivity index (χ4n) is 2.21. The standard InChI is InChI=1S/C18H12ClNO4/c19-12-6-4-5-11(9-12)10-14-16(21)15(18(22)23)17(24-14)20-13-7-2-1-3-8-13/h1-10,20H,(H,22,23)/b14-10-. The molecule has 2 aromatic carbocycles. The number of ether oxygens (including phenoxy) is 1. The minimum atomic E-state index is -1.35. The lowest BCUT2D eigenvalue weighted by Crippen LogP contribution is -2.12. The maximum Gasteiger partial charge on any atom is 0.345 e. The third kappa shape index (κ3) is 3.31. The molecule has 24 heavy (non-hydrogen) atoms. The number of ketones is 1. The molecule has 0 spiro atoms. The second kappa shape index (κ2) is 6.60. The zero-order valence-electron chi connectivity index (χ0n) is 12.3. The van der Waals surface area contributed by atoms with Gasteiger partial charge in [-0.05, 0) is 35.9 Å². The molecule has 0 radical (unpaired) electrons. The first-order valence-corrected chi connectivity index (χ1v) is 7.42. The Bertz CT molecular complexity index is 872. The predicted octanol–water partition coefficient (Wildman–Crippen LogP) is 3.69. The molecule has 2 aromatic rings. The lowest BCUT2D eigenvalue weighted by atomic mass is 10.1. The first-order valence-electron chi connectivity index (χ1n) is 7.04. The number of hydrogen-bond donors (Lipinski definition) is 2. The third-order valence-electron chi connectivity index (χ3n) is 3.28. The van der Waals surface area contributed by atoms with Gasteiger partial charge >= 0.3 is 5.97 Å². The molecule has 1 aliphatic heterocycles. The summed E-state index contributed by atoms with van der Waals surface area (Å²) in [5, 5.41) is 12.6. The molecule has 0 aliphatic carbocycles. The van der Waals surface area contributed by atoms with Crippen molar-refractivity contribution in [2.75, 3.05) is 5.32 Å². The molecule has 0 fully saturated rings. The van der Waals surface area contributed by atoms with Crippen LogP contribution in [0.4, 0.5) is 5.69 Å². The molecule has 2 N–H and O–H groups in total. The smallest absolute Gasteiger partial charge is 0.345 e. The number of carbonyl (C=O) groups excluding carboxylic acids is 1. The van der Waals surface area contributed by atoms with Gasteiger partial charge < -0.3 is 15.2 Å². The molecule has 0 bridgehead atoms. The molecule has 0 unspecified atom stereocenters. The zero-order chi connectivity index (χ0) is 17.1. The number of carboxylic acid groups (broad SMARTS) is 1. The third-order valence-corrected chi connectivity index (χ3v) is 3.52. The van der Waals surface area contributed by atoms with Gasteiger partial charge in [0.1, 0.15) is 0 Å². The molecule has 1 heterocycles. The Morgan fingerprint density at radius 2 is 1.88 bits per heavy atom. The second-order valence-electron chi connectivity index (χ2n) is 5.00. The Morgan fingerprint density at radius 1 is 1.12 bits per heavy atom. The molecule has 0 aromatic heterocycles. The van der Waals surface area contributed by atoms with Crippen molar-refractivity contribution in [3.05, 3.63) is 82.4 Å². The maximum absolute atomic E-state index is 12.3. The predicted molar refractivity (Wildman–Crippen MR) is 90.2 cm³/mol. The molecule has 0 amide bonds. The summed E-state index contributed by atoms with van der Waals surface area (Å²) in [6.07, 6.45) is 1.46. The highest BCUT2D eigenvalue weighted by atomic mass is 35.5. The Balaban J connectivity index is 1.93. The topological polar surface area (TPSA) is 75.6 Å². The van der Waals surface area contributed by atoms with Crippen molar-refractivity contribution in [3.8, 4) is 0 Å². The van der Waals surface area contributed by atoms with E-state index in [1.807, 2.05) is 6.07 Å². The molecule has 3 rings (SSSR count). The van der Waals surface area contributed by atoms with Crippen LogP contribution in [0, 0.1) is 0 Å². The Hall–Kier alpha value is -3.05. The van der Waals surface area contributed by atoms with E-state index in [2.05, 4.69) is 5.32 Å². The summed E-state index contributed by atoms with van der Waals surface area (Å²) in [5.74, 6) is -2.23. The van der Waals surface area contributed by atoms with Crippen molar-refractivity contribution in [1.82, 2.24) is 0 Å². The van der Waals surface area contributed by atoms with Gasteiger partial charge in [-0.1, -0.05) is 41.9 Å². The first kappa shape index (κ1) is 15.8. The summed E-state index contributed by atoms with van der Waals surface area (Å²) in [4.78, 5) is 23.7. The molecule has 0 atom stereocenters. The van der Waals surface area contributed by atoms with Crippen LogP contribution in [-0.2, 0) is 14.3 Å². The Kier molecular flexibility index (Phi) is 4.35. The number of hydrogen-bond acceptors (Lipinski definition) is 4. The number of carbonyl (C=O) groups is 2. The lowest BCUT2D eigenvalue weighted by Gasteiger charge is -2.07. The van der Waals surface area contributed by atoms with Crippen molar-refractivity contribution in [3.63, 3.8) is 0 Å². The number of anilines is 1. The number of carboxylic acids is 1. The SMILES string of the molecule is O=C(O)C1=C(Nc2ccccc2)O/C(=C\c2cccc(Cl)c2)C1=O. The van der Waals surface area contributed by atoms with E-state index >= 15 is 0 Å². The quantitative estimate of drug-likeness (QED) is 0.655. The number of allylic oxidation sites excluding steroid dienone is 1. The minimum Gasteiger partial charge on any atom is -0.477 e. The van der Waals surface area contributed by atoms with E-state index in [0.29, 0.717) is 16.3 Å². The molecule has 0 saturated carbocycles. The Labute approximate surface area is 142 Å². The van der Waals surface area contributed by atoms with Crippen LogP contribution in [0.25, 0.3) is 6.08 Å². The van der Waals surface area contributed by atoms with Crippen molar-refractivity contribution < 1.29 is 19.4 Å². The molecule has 5 nitrogen and oxygen atoms in total. The van der Waals surface area contributed by atoms with Gasteiger partial charge in [-0.25, -0.2) is 4.79 Å². The molecule has 1 aliphatic rings. The number of rotatable bonds is 4. The van der Waals surface area contributed by atoms with Gasteiger partial charge in [-0.3, -0.25) is 4.79 Å². The van der Waals surface area contributed by atoms with E-state index < -0.39 is 17.3 Å². The normalized spacial score (nSPS) is 15.5. The second-order valence-corrected chi connectivity index (χ2v) is 5.43. The molecular formula is C18H12ClNO4. The summed E-state index contributed by atoms with van der Waals surface area (Å²) >= 11 is 5.91. The van der Waals surface area contributed by atoms with Crippen LogP contribution in [0.5, 0.6) is 0 Å². The monoisotopic (exact) mass is 341 g/mol. The minimum absolute atomic E-state index is 0.0758. The largest absolute Gasteiger partial charge is 0.477 e. The summed E-state index contributed by atoms with van der Waals surface area (Å²) in [6.45, 7) is 0. The molecule has 120 valence electrons. The molecule has 0 saturated heterocycles. The summed E-state index contributed by atoms with van der Waals surface area (Å²) in [5.41, 5.74) is 0.812. The van der Waals surface area contributed by atoms with Crippen LogP contribution < -0.4 is 5.32 Å². The highest BCUT2D eigenvalue weighted by molar-refractivity contribution is 6.30. The van der Waals surface area contributed by atoms with Crippen LogP contribution in [-0.4, -0.2) is 16.9 Å². The average molecular weight is 342 g/mol. The highest BCUT2D eigenvalue weighted by Crippen LogP contribution is 2.28. The van der Waals surface area contributed by atoms with Gasteiger partial charge in [-0.15, -0.1) is 0 Å². The number of halogens is 1. The number of benzene rings is 2. The van der Waals surface area contributed by atoms with Gasteiger partial charge in [0.15, 0.2) is 11.3 Å². The van der Waals surface area contributed by atoms with E-state index in [1.54, 1.807) is 48.5 Å². The number of para-hydroxylation sites is 1. The van der Waals surface area contributed by atoms with E-state index in [4.69, 9.17) is 16.3 Å². The van der Waals surface area contributed by atoms with Crippen LogP contribution in [0.15, 0.2) is 71.8 Å². The zero-order valence-corrected chi connectivity index (χ0v) is 13.1. The summed E-state index contributed by atoms with van der Waals surface area (Å²) < 4.78 is 5.45. The van der Waals surface area contributed by atoms with Crippen molar-refractivity contribution in [2.24, 2.45) is 0 Å². The van der Waals surface area contributed by atoms with E-state index in [-0.39, 0.29) is 11.6 Å². The fourth-order valence-corrected chi connectivity index (χ4v) is 2.41. The fraction of sp³-hybridized carbons (Fsp3) is 0. The maximum atomic E-state index is 12.3.